The number of benzene rings is 1. The van der Waals surface area contributed by atoms with E-state index in [9.17, 15) is 9.59 Å². The van der Waals surface area contributed by atoms with Crippen LogP contribution in [0, 0.1) is 5.41 Å². The lowest BCUT2D eigenvalue weighted by molar-refractivity contribution is 0.0901. The highest BCUT2D eigenvalue weighted by Gasteiger charge is 2.36. The first kappa shape index (κ1) is 14.7. The first-order chi connectivity index (χ1) is 10.4. The Morgan fingerprint density at radius 1 is 1.23 bits per heavy atom. The molecule has 0 aliphatic heterocycles. The lowest BCUT2D eigenvalue weighted by atomic mass is 9.77. The van der Waals surface area contributed by atoms with E-state index >= 15 is 0 Å². The molecular formula is C18H20N2O2. The van der Waals surface area contributed by atoms with Crippen LogP contribution in [0.4, 0.5) is 0 Å². The van der Waals surface area contributed by atoms with Gasteiger partial charge in [-0.1, -0.05) is 39.0 Å². The topological polar surface area (TPSA) is 52.0 Å². The second-order valence-corrected chi connectivity index (χ2v) is 6.62. The van der Waals surface area contributed by atoms with Gasteiger partial charge < -0.3 is 0 Å². The number of imidazole rings is 1. The smallest absolute Gasteiger partial charge is 0.263 e. The monoisotopic (exact) mass is 296 g/mol. The van der Waals surface area contributed by atoms with Crippen molar-refractivity contribution in [3.8, 4) is 0 Å². The van der Waals surface area contributed by atoms with Gasteiger partial charge in [0.05, 0.1) is 5.69 Å². The molecule has 3 rings (SSSR count). The van der Waals surface area contributed by atoms with Crippen molar-refractivity contribution in [2.75, 3.05) is 0 Å². The maximum Gasteiger partial charge on any atom is 0.263 e. The molecule has 0 atom stereocenters. The molecule has 1 aromatic carbocycles. The third-order valence-electron chi connectivity index (χ3n) is 4.13. The Labute approximate surface area is 130 Å². The number of aryl methyl sites for hydroxylation is 1. The highest BCUT2D eigenvalue weighted by Crippen LogP contribution is 2.35. The number of carbonyl (C=O) groups excluding carboxylic acids is 2. The molecule has 1 aromatic heterocycles. The second-order valence-electron chi connectivity index (χ2n) is 6.62. The number of fused-ring (bicyclic) bond motifs is 1. The molecule has 114 valence electrons. The molecule has 2 aromatic rings. The lowest BCUT2D eigenvalue weighted by Gasteiger charge is -2.28. The largest absolute Gasteiger partial charge is 0.292 e. The number of rotatable bonds is 2. The molecule has 0 saturated carbocycles. The van der Waals surface area contributed by atoms with E-state index < -0.39 is 0 Å². The predicted octanol–water partition coefficient (Wildman–Crippen LogP) is 3.29. The van der Waals surface area contributed by atoms with Gasteiger partial charge in [0.25, 0.3) is 5.91 Å². The van der Waals surface area contributed by atoms with Gasteiger partial charge in [-0.15, -0.1) is 0 Å². The van der Waals surface area contributed by atoms with Crippen LogP contribution in [-0.4, -0.2) is 21.2 Å². The molecule has 1 aliphatic carbocycles. The lowest BCUT2D eigenvalue weighted by Crippen LogP contribution is -2.30. The Balaban J connectivity index is 2.16. The third kappa shape index (κ3) is 2.39. The summed E-state index contributed by atoms with van der Waals surface area (Å²) in [5.41, 5.74) is 1.74. The zero-order valence-corrected chi connectivity index (χ0v) is 13.2. The highest BCUT2D eigenvalue weighted by molar-refractivity contribution is 6.01. The number of ketones is 1. The van der Waals surface area contributed by atoms with Crippen LogP contribution in [0.3, 0.4) is 0 Å². The molecule has 0 amide bonds. The van der Waals surface area contributed by atoms with Crippen molar-refractivity contribution in [2.24, 2.45) is 5.41 Å². The minimum absolute atomic E-state index is 0.0422. The molecule has 4 heteroatoms. The minimum atomic E-state index is -0.135. The Morgan fingerprint density at radius 3 is 2.55 bits per heavy atom. The Morgan fingerprint density at radius 2 is 1.91 bits per heavy atom. The number of hydrogen-bond acceptors (Lipinski definition) is 3. The molecule has 1 aliphatic rings. The third-order valence-corrected chi connectivity index (χ3v) is 4.13. The molecule has 0 bridgehead atoms. The average molecular weight is 296 g/mol. The summed E-state index contributed by atoms with van der Waals surface area (Å²) in [6, 6.07) is 9.16. The van der Waals surface area contributed by atoms with E-state index in [0.29, 0.717) is 36.3 Å². The van der Waals surface area contributed by atoms with E-state index in [-0.39, 0.29) is 17.1 Å². The summed E-state index contributed by atoms with van der Waals surface area (Å²) < 4.78 is 1.66. The predicted molar refractivity (Wildman–Crippen MR) is 84.2 cm³/mol. The van der Waals surface area contributed by atoms with Crippen molar-refractivity contribution >= 4 is 11.7 Å². The van der Waals surface area contributed by atoms with Crippen LogP contribution in [-0.2, 0) is 12.8 Å². The number of hydrogen-bond donors (Lipinski definition) is 0. The van der Waals surface area contributed by atoms with Gasteiger partial charge in [0.15, 0.2) is 5.78 Å². The summed E-state index contributed by atoms with van der Waals surface area (Å²) >= 11 is 0. The fourth-order valence-electron chi connectivity index (χ4n) is 3.11. The Kier molecular flexibility index (Phi) is 3.47. The summed E-state index contributed by atoms with van der Waals surface area (Å²) in [6.07, 6.45) is 1.80. The highest BCUT2D eigenvalue weighted by atomic mass is 16.2. The molecule has 0 radical (unpaired) electrons. The van der Waals surface area contributed by atoms with Gasteiger partial charge in [-0.2, -0.15) is 0 Å². The van der Waals surface area contributed by atoms with Gasteiger partial charge in [0, 0.05) is 18.4 Å². The van der Waals surface area contributed by atoms with E-state index in [1.54, 1.807) is 16.7 Å². The van der Waals surface area contributed by atoms with Gasteiger partial charge in [-0.25, -0.2) is 4.98 Å². The maximum atomic E-state index is 12.9. The molecular weight excluding hydrogens is 276 g/mol. The normalized spacial score (nSPS) is 16.4. The van der Waals surface area contributed by atoms with Gasteiger partial charge in [-0.3, -0.25) is 14.2 Å². The summed E-state index contributed by atoms with van der Waals surface area (Å²) in [5.74, 6) is 0.613. The maximum absolute atomic E-state index is 12.9. The number of carbonyl (C=O) groups is 2. The van der Waals surface area contributed by atoms with Gasteiger partial charge in [0.2, 0.25) is 0 Å². The second kappa shape index (κ2) is 5.20. The molecule has 4 nitrogen and oxygen atoms in total. The Hall–Kier alpha value is -2.23. The fraction of sp³-hybridized carbons (Fsp3) is 0.389. The number of nitrogens with zero attached hydrogens (tertiary/aromatic N) is 2. The summed E-state index contributed by atoms with van der Waals surface area (Å²) in [7, 11) is 0. The molecule has 0 N–H and O–H groups in total. The van der Waals surface area contributed by atoms with E-state index in [0.717, 1.165) is 5.69 Å². The van der Waals surface area contributed by atoms with Gasteiger partial charge in [0.1, 0.15) is 11.5 Å². The number of aromatic nitrogens is 2. The van der Waals surface area contributed by atoms with E-state index in [1.165, 1.54) is 0 Å². The fourth-order valence-corrected chi connectivity index (χ4v) is 3.11. The zero-order chi connectivity index (χ0) is 15.9. The van der Waals surface area contributed by atoms with E-state index in [2.05, 4.69) is 18.8 Å². The van der Waals surface area contributed by atoms with Crippen molar-refractivity contribution < 1.29 is 9.59 Å². The molecule has 22 heavy (non-hydrogen) atoms. The van der Waals surface area contributed by atoms with Crippen LogP contribution in [0.2, 0.25) is 0 Å². The van der Waals surface area contributed by atoms with Crippen LogP contribution < -0.4 is 0 Å². The Bertz CT molecular complexity index is 742. The van der Waals surface area contributed by atoms with Gasteiger partial charge >= 0.3 is 0 Å². The number of Topliss-reactive ketones (excluding diaryl/α,β-unsaturated/α-hetero) is 1. The zero-order valence-electron chi connectivity index (χ0n) is 13.2. The van der Waals surface area contributed by atoms with Crippen LogP contribution >= 0.6 is 0 Å². The quantitative estimate of drug-likeness (QED) is 0.854. The van der Waals surface area contributed by atoms with Crippen molar-refractivity contribution in [1.29, 1.82) is 0 Å². The summed E-state index contributed by atoms with van der Waals surface area (Å²) in [4.78, 5) is 29.7. The van der Waals surface area contributed by atoms with E-state index in [4.69, 9.17) is 0 Å². The standard InChI is InChI=1S/C18H20N2O2/c1-4-15-19-16-13(10-18(2,3)11-14(16)21)20(15)17(22)12-8-6-5-7-9-12/h5-9H,4,10-11H2,1-3H3. The van der Waals surface area contributed by atoms with Crippen LogP contribution in [0.1, 0.15) is 59.6 Å². The SMILES string of the molecule is CCc1nc2c(n1C(=O)c1ccccc1)CC(C)(C)CC2=O. The molecule has 1 heterocycles. The first-order valence-electron chi connectivity index (χ1n) is 7.66. The van der Waals surface area contributed by atoms with E-state index in [1.807, 2.05) is 25.1 Å². The molecule has 0 spiro atoms. The summed E-state index contributed by atoms with van der Waals surface area (Å²) in [5, 5.41) is 0. The minimum Gasteiger partial charge on any atom is -0.292 e. The van der Waals surface area contributed by atoms with Crippen LogP contribution in [0.25, 0.3) is 0 Å². The van der Waals surface area contributed by atoms with Crippen LogP contribution in [0.5, 0.6) is 0 Å². The average Bonchev–Trinajstić information content (AvgIpc) is 2.84. The van der Waals surface area contributed by atoms with Crippen molar-refractivity contribution in [2.45, 2.75) is 40.0 Å². The van der Waals surface area contributed by atoms with Gasteiger partial charge in [-0.05, 0) is 24.0 Å². The molecule has 0 unspecified atom stereocenters. The van der Waals surface area contributed by atoms with Crippen LogP contribution in [0.15, 0.2) is 30.3 Å². The molecule has 0 fully saturated rings. The van der Waals surface area contributed by atoms with Crippen molar-refractivity contribution in [3.05, 3.63) is 53.1 Å². The first-order valence-corrected chi connectivity index (χ1v) is 7.66. The summed E-state index contributed by atoms with van der Waals surface area (Å²) in [6.45, 7) is 6.08. The molecule has 0 saturated heterocycles. The van der Waals surface area contributed by atoms with Crippen molar-refractivity contribution in [3.63, 3.8) is 0 Å². The van der Waals surface area contributed by atoms with Crippen molar-refractivity contribution in [1.82, 2.24) is 9.55 Å².